The molecule has 0 spiro atoms. The Bertz CT molecular complexity index is 887. The monoisotopic (exact) mass is 476 g/mol. The highest BCUT2D eigenvalue weighted by molar-refractivity contribution is 14.1. The minimum atomic E-state index is -0.318. The van der Waals surface area contributed by atoms with Crippen LogP contribution in [-0.4, -0.2) is 30.5 Å². The van der Waals surface area contributed by atoms with Gasteiger partial charge in [-0.3, -0.25) is 14.8 Å². The summed E-state index contributed by atoms with van der Waals surface area (Å²) in [6.45, 7) is 0.419. The Morgan fingerprint density at radius 2 is 2.17 bits per heavy atom. The first kappa shape index (κ1) is 17.2. The summed E-state index contributed by atoms with van der Waals surface area (Å²) in [6.07, 6.45) is 3.14. The summed E-state index contributed by atoms with van der Waals surface area (Å²) >= 11 is 14.1. The quantitative estimate of drug-likeness (QED) is 0.586. The van der Waals surface area contributed by atoms with Gasteiger partial charge in [0.25, 0.3) is 5.91 Å². The maximum Gasteiger partial charge on any atom is 0.277 e. The summed E-state index contributed by atoms with van der Waals surface area (Å²) < 4.78 is 3.83. The summed E-state index contributed by atoms with van der Waals surface area (Å²) in [5.74, 6) is -0.108. The molecule has 24 heavy (non-hydrogen) atoms. The number of aryl methyl sites for hydroxylation is 1. The van der Waals surface area contributed by atoms with E-state index in [-0.39, 0.29) is 11.9 Å². The van der Waals surface area contributed by atoms with Crippen molar-refractivity contribution in [2.45, 2.75) is 6.54 Å². The Kier molecular flexibility index (Phi) is 5.07. The first-order chi connectivity index (χ1) is 11.4. The lowest BCUT2D eigenvalue weighted by atomic mass is 10.2. The molecule has 0 bridgehead atoms. The molecule has 3 aromatic rings. The number of carbonyl (C=O) groups is 1. The van der Waals surface area contributed by atoms with E-state index >= 15 is 0 Å². The van der Waals surface area contributed by atoms with Crippen molar-refractivity contribution < 1.29 is 4.79 Å². The number of carbonyl (C=O) groups excluding carboxylic acids is 1. The Labute approximate surface area is 161 Å². The van der Waals surface area contributed by atoms with Crippen LogP contribution in [-0.2, 0) is 13.6 Å². The van der Waals surface area contributed by atoms with Gasteiger partial charge in [0.15, 0.2) is 0 Å². The van der Waals surface area contributed by atoms with E-state index in [4.69, 9.17) is 23.2 Å². The molecule has 1 N–H and O–H groups in total. The Balaban J connectivity index is 1.73. The van der Waals surface area contributed by atoms with E-state index in [0.717, 1.165) is 9.13 Å². The van der Waals surface area contributed by atoms with Crippen LogP contribution in [0, 0.1) is 3.57 Å². The van der Waals surface area contributed by atoms with Crippen LogP contribution < -0.4 is 5.32 Å². The smallest absolute Gasteiger partial charge is 0.277 e. The standard InChI is InChI=1S/C14H11Cl2IN6O/c1-22-12(11(17)5-19-22)13(24)20-14-18-7-23(21-14)6-8-2-3-9(15)4-10(8)16/h2-5,7H,6H2,1H3,(H,20,21,24). The number of halogens is 3. The topological polar surface area (TPSA) is 77.6 Å². The van der Waals surface area contributed by atoms with E-state index in [1.54, 1.807) is 30.1 Å². The molecule has 10 heteroatoms. The van der Waals surface area contributed by atoms with E-state index in [1.807, 2.05) is 28.7 Å². The third-order valence-corrected chi connectivity index (χ3v) is 4.59. The molecule has 2 heterocycles. The molecular weight excluding hydrogens is 466 g/mol. The number of hydrogen-bond acceptors (Lipinski definition) is 4. The number of amides is 1. The molecule has 0 aliphatic rings. The van der Waals surface area contributed by atoms with Crippen LogP contribution in [0.2, 0.25) is 10.0 Å². The van der Waals surface area contributed by atoms with Crippen LogP contribution in [0.15, 0.2) is 30.7 Å². The predicted molar refractivity (Wildman–Crippen MR) is 99.5 cm³/mol. The van der Waals surface area contributed by atoms with Crippen LogP contribution >= 0.6 is 45.8 Å². The Hall–Kier alpha value is -1.65. The molecule has 0 atom stereocenters. The minimum absolute atomic E-state index is 0.210. The van der Waals surface area contributed by atoms with Gasteiger partial charge in [-0.1, -0.05) is 29.3 Å². The predicted octanol–water partition coefficient (Wildman–Crippen LogP) is 3.22. The molecule has 0 aliphatic carbocycles. The van der Waals surface area contributed by atoms with E-state index < -0.39 is 0 Å². The molecule has 7 nitrogen and oxygen atoms in total. The second-order valence-electron chi connectivity index (χ2n) is 4.92. The van der Waals surface area contributed by atoms with E-state index in [2.05, 4.69) is 20.5 Å². The second kappa shape index (κ2) is 7.08. The lowest BCUT2D eigenvalue weighted by Gasteiger charge is -2.04. The number of nitrogens with one attached hydrogen (secondary N) is 1. The maximum absolute atomic E-state index is 12.3. The van der Waals surface area contributed by atoms with Crippen molar-refractivity contribution in [3.05, 3.63) is 55.6 Å². The Morgan fingerprint density at radius 1 is 1.38 bits per heavy atom. The van der Waals surface area contributed by atoms with E-state index in [0.29, 0.717) is 22.3 Å². The Morgan fingerprint density at radius 3 is 2.83 bits per heavy atom. The van der Waals surface area contributed by atoms with Crippen molar-refractivity contribution >= 4 is 57.6 Å². The molecule has 3 rings (SSSR count). The van der Waals surface area contributed by atoms with Gasteiger partial charge in [-0.15, -0.1) is 5.10 Å². The zero-order valence-electron chi connectivity index (χ0n) is 12.4. The van der Waals surface area contributed by atoms with Crippen molar-refractivity contribution in [3.8, 4) is 0 Å². The molecular formula is C14H11Cl2IN6O. The average Bonchev–Trinajstić information content (AvgIpc) is 3.08. The van der Waals surface area contributed by atoms with Gasteiger partial charge in [-0.05, 0) is 40.3 Å². The van der Waals surface area contributed by atoms with Crippen LogP contribution in [0.5, 0.6) is 0 Å². The summed E-state index contributed by atoms with van der Waals surface area (Å²) in [7, 11) is 1.70. The zero-order valence-corrected chi connectivity index (χ0v) is 16.0. The van der Waals surface area contributed by atoms with E-state index in [1.165, 1.54) is 11.0 Å². The van der Waals surface area contributed by atoms with Crippen molar-refractivity contribution in [1.82, 2.24) is 24.5 Å². The van der Waals surface area contributed by atoms with Gasteiger partial charge >= 0.3 is 0 Å². The number of hydrogen-bond donors (Lipinski definition) is 1. The van der Waals surface area contributed by atoms with Gasteiger partial charge in [0, 0.05) is 17.1 Å². The molecule has 0 unspecified atom stereocenters. The molecule has 1 amide bonds. The zero-order chi connectivity index (χ0) is 17.3. The third-order valence-electron chi connectivity index (χ3n) is 3.22. The number of aromatic nitrogens is 5. The minimum Gasteiger partial charge on any atom is -0.288 e. The van der Waals surface area contributed by atoms with Crippen LogP contribution in [0.25, 0.3) is 0 Å². The molecule has 2 aromatic heterocycles. The molecule has 124 valence electrons. The van der Waals surface area contributed by atoms with Gasteiger partial charge in [0.1, 0.15) is 12.0 Å². The molecule has 0 saturated carbocycles. The largest absolute Gasteiger partial charge is 0.288 e. The van der Waals surface area contributed by atoms with Gasteiger partial charge < -0.3 is 0 Å². The van der Waals surface area contributed by atoms with Crippen molar-refractivity contribution in [2.75, 3.05) is 5.32 Å². The molecule has 0 saturated heterocycles. The summed E-state index contributed by atoms with van der Waals surface area (Å²) in [6, 6.07) is 5.25. The summed E-state index contributed by atoms with van der Waals surface area (Å²) in [5, 5.41) is 12.0. The fourth-order valence-electron chi connectivity index (χ4n) is 2.08. The fraction of sp³-hybridized carbons (Fsp3) is 0.143. The third kappa shape index (κ3) is 3.70. The summed E-state index contributed by atoms with van der Waals surface area (Å²) in [5.41, 5.74) is 1.30. The SMILES string of the molecule is Cn1ncc(I)c1C(=O)Nc1ncn(Cc2ccc(Cl)cc2Cl)n1. The van der Waals surface area contributed by atoms with Crippen LogP contribution in [0.4, 0.5) is 5.95 Å². The molecule has 0 aliphatic heterocycles. The highest BCUT2D eigenvalue weighted by Crippen LogP contribution is 2.21. The molecule has 1 aromatic carbocycles. The maximum atomic E-state index is 12.3. The van der Waals surface area contributed by atoms with Crippen molar-refractivity contribution in [2.24, 2.45) is 7.05 Å². The number of nitrogens with zero attached hydrogens (tertiary/aromatic N) is 5. The van der Waals surface area contributed by atoms with E-state index in [9.17, 15) is 4.79 Å². The highest BCUT2D eigenvalue weighted by atomic mass is 127. The molecule has 0 radical (unpaired) electrons. The van der Waals surface area contributed by atoms with Crippen molar-refractivity contribution in [1.29, 1.82) is 0 Å². The summed E-state index contributed by atoms with van der Waals surface area (Å²) in [4.78, 5) is 16.4. The van der Waals surface area contributed by atoms with Crippen LogP contribution in [0.3, 0.4) is 0 Å². The number of rotatable bonds is 4. The van der Waals surface area contributed by atoms with Crippen LogP contribution in [0.1, 0.15) is 16.1 Å². The lowest BCUT2D eigenvalue weighted by Crippen LogP contribution is -2.18. The molecule has 0 fully saturated rings. The second-order valence-corrected chi connectivity index (χ2v) is 6.93. The first-order valence-electron chi connectivity index (χ1n) is 6.76. The van der Waals surface area contributed by atoms with Gasteiger partial charge in [0.2, 0.25) is 5.95 Å². The van der Waals surface area contributed by atoms with Gasteiger partial charge in [-0.2, -0.15) is 5.10 Å². The normalized spacial score (nSPS) is 10.8. The number of anilines is 1. The first-order valence-corrected chi connectivity index (χ1v) is 8.59. The average molecular weight is 477 g/mol. The van der Waals surface area contributed by atoms with Gasteiger partial charge in [-0.25, -0.2) is 9.67 Å². The highest BCUT2D eigenvalue weighted by Gasteiger charge is 2.17. The number of benzene rings is 1. The fourth-order valence-corrected chi connectivity index (χ4v) is 3.27. The van der Waals surface area contributed by atoms with Gasteiger partial charge in [0.05, 0.1) is 16.3 Å². The lowest BCUT2D eigenvalue weighted by molar-refractivity contribution is 0.101. The van der Waals surface area contributed by atoms with Crippen molar-refractivity contribution in [3.63, 3.8) is 0 Å².